The first kappa shape index (κ1) is 14.9. The van der Waals surface area contributed by atoms with Gasteiger partial charge in [0.15, 0.2) is 0 Å². The highest BCUT2D eigenvalue weighted by atomic mass is 35.5. The van der Waals surface area contributed by atoms with Crippen LogP contribution in [0.15, 0.2) is 58.2 Å². The van der Waals surface area contributed by atoms with Crippen molar-refractivity contribution < 1.29 is 9.15 Å². The van der Waals surface area contributed by atoms with Gasteiger partial charge in [-0.25, -0.2) is 0 Å². The highest BCUT2D eigenvalue weighted by molar-refractivity contribution is 7.98. The molecule has 0 saturated heterocycles. The van der Waals surface area contributed by atoms with Gasteiger partial charge in [0.1, 0.15) is 5.75 Å². The minimum absolute atomic E-state index is 0.485. The molecule has 0 aliphatic carbocycles. The normalized spacial score (nSPS) is 10.6. The third-order valence-electron chi connectivity index (χ3n) is 3.04. The van der Waals surface area contributed by atoms with Crippen LogP contribution in [0.3, 0.4) is 0 Å². The second kappa shape index (κ2) is 6.85. The zero-order chi connectivity index (χ0) is 15.4. The minimum atomic E-state index is 0.485. The van der Waals surface area contributed by atoms with Gasteiger partial charge in [-0.3, -0.25) is 0 Å². The van der Waals surface area contributed by atoms with Crippen molar-refractivity contribution in [1.29, 1.82) is 0 Å². The van der Waals surface area contributed by atoms with E-state index in [9.17, 15) is 0 Å². The largest absolute Gasteiger partial charge is 0.496 e. The summed E-state index contributed by atoms with van der Waals surface area (Å²) in [7, 11) is 1.66. The number of nitrogens with zero attached hydrogens (tertiary/aromatic N) is 2. The maximum atomic E-state index is 5.87. The summed E-state index contributed by atoms with van der Waals surface area (Å²) in [6.07, 6.45) is 0. The van der Waals surface area contributed by atoms with Crippen LogP contribution in [0.1, 0.15) is 5.56 Å². The minimum Gasteiger partial charge on any atom is -0.496 e. The maximum Gasteiger partial charge on any atom is 0.277 e. The van der Waals surface area contributed by atoms with E-state index >= 15 is 0 Å². The Labute approximate surface area is 137 Å². The third-order valence-corrected chi connectivity index (χ3v) is 4.16. The Hall–Kier alpha value is -1.98. The van der Waals surface area contributed by atoms with Crippen molar-refractivity contribution in [3.8, 4) is 17.2 Å². The molecule has 3 rings (SSSR count). The standard InChI is InChI=1S/C16H13ClN2O2S/c1-20-14-5-3-2-4-12(14)10-22-16-19-18-15(21-16)11-6-8-13(17)9-7-11/h2-9H,10H2,1H3. The van der Waals surface area contributed by atoms with E-state index < -0.39 is 0 Å². The van der Waals surface area contributed by atoms with Crippen LogP contribution in [0.2, 0.25) is 5.02 Å². The maximum absolute atomic E-state index is 5.87. The van der Waals surface area contributed by atoms with Crippen molar-refractivity contribution in [2.24, 2.45) is 0 Å². The number of ether oxygens (including phenoxy) is 1. The Morgan fingerprint density at radius 3 is 2.64 bits per heavy atom. The predicted octanol–water partition coefficient (Wildman–Crippen LogP) is 4.69. The molecule has 1 heterocycles. The zero-order valence-corrected chi connectivity index (χ0v) is 13.4. The summed E-state index contributed by atoms with van der Waals surface area (Å²) >= 11 is 7.34. The van der Waals surface area contributed by atoms with Crippen LogP contribution >= 0.6 is 23.4 Å². The van der Waals surface area contributed by atoms with E-state index in [2.05, 4.69) is 10.2 Å². The average molecular weight is 333 g/mol. The summed E-state index contributed by atoms with van der Waals surface area (Å²) in [6.45, 7) is 0. The Morgan fingerprint density at radius 2 is 1.86 bits per heavy atom. The molecule has 0 unspecified atom stereocenters. The van der Waals surface area contributed by atoms with E-state index in [-0.39, 0.29) is 0 Å². The number of hydrogen-bond donors (Lipinski definition) is 0. The molecule has 0 aliphatic rings. The van der Waals surface area contributed by atoms with Gasteiger partial charge < -0.3 is 9.15 Å². The quantitative estimate of drug-likeness (QED) is 0.634. The van der Waals surface area contributed by atoms with Crippen LogP contribution in [-0.2, 0) is 5.75 Å². The monoisotopic (exact) mass is 332 g/mol. The first-order valence-electron chi connectivity index (χ1n) is 6.60. The number of rotatable bonds is 5. The number of halogens is 1. The number of methoxy groups -OCH3 is 1. The van der Waals surface area contributed by atoms with E-state index in [1.54, 1.807) is 19.2 Å². The SMILES string of the molecule is COc1ccccc1CSc1nnc(-c2ccc(Cl)cc2)o1. The number of para-hydroxylation sites is 1. The topological polar surface area (TPSA) is 48.2 Å². The highest BCUT2D eigenvalue weighted by Crippen LogP contribution is 2.29. The van der Waals surface area contributed by atoms with Gasteiger partial charge in [0, 0.05) is 21.9 Å². The Morgan fingerprint density at radius 1 is 1.09 bits per heavy atom. The van der Waals surface area contributed by atoms with Crippen LogP contribution in [0.4, 0.5) is 0 Å². The van der Waals surface area contributed by atoms with Crippen molar-refractivity contribution in [3.63, 3.8) is 0 Å². The molecule has 0 fully saturated rings. The molecule has 22 heavy (non-hydrogen) atoms. The molecule has 6 heteroatoms. The van der Waals surface area contributed by atoms with E-state index in [4.69, 9.17) is 20.8 Å². The number of aromatic nitrogens is 2. The molecule has 1 aromatic heterocycles. The van der Waals surface area contributed by atoms with Gasteiger partial charge in [-0.15, -0.1) is 10.2 Å². The second-order valence-corrected chi connectivity index (χ2v) is 5.84. The fraction of sp³-hybridized carbons (Fsp3) is 0.125. The lowest BCUT2D eigenvalue weighted by Gasteiger charge is -2.05. The van der Waals surface area contributed by atoms with Gasteiger partial charge in [0.2, 0.25) is 5.89 Å². The molecule has 0 spiro atoms. The molecule has 0 saturated carbocycles. The molecular formula is C16H13ClN2O2S. The Bertz CT molecular complexity index is 759. The fourth-order valence-electron chi connectivity index (χ4n) is 1.94. The molecule has 0 aliphatic heterocycles. The van der Waals surface area contributed by atoms with Gasteiger partial charge in [-0.2, -0.15) is 0 Å². The van der Waals surface area contributed by atoms with E-state index in [0.717, 1.165) is 16.9 Å². The molecule has 2 aromatic carbocycles. The smallest absolute Gasteiger partial charge is 0.277 e. The van der Waals surface area contributed by atoms with Crippen LogP contribution in [-0.4, -0.2) is 17.3 Å². The third kappa shape index (κ3) is 3.43. The fourth-order valence-corrected chi connectivity index (χ4v) is 2.82. The van der Waals surface area contributed by atoms with E-state index in [1.165, 1.54) is 11.8 Å². The molecule has 0 amide bonds. The van der Waals surface area contributed by atoms with Crippen molar-refractivity contribution >= 4 is 23.4 Å². The summed E-state index contributed by atoms with van der Waals surface area (Å²) in [5.41, 5.74) is 1.93. The second-order valence-electron chi connectivity index (χ2n) is 4.48. The lowest BCUT2D eigenvalue weighted by molar-refractivity contribution is 0.411. The first-order valence-corrected chi connectivity index (χ1v) is 7.97. The van der Waals surface area contributed by atoms with Crippen molar-refractivity contribution in [2.75, 3.05) is 7.11 Å². The summed E-state index contributed by atoms with van der Waals surface area (Å²) < 4.78 is 11.0. The number of hydrogen-bond acceptors (Lipinski definition) is 5. The lowest BCUT2D eigenvalue weighted by atomic mass is 10.2. The molecule has 4 nitrogen and oxygen atoms in total. The van der Waals surface area contributed by atoms with Gasteiger partial charge in [0.05, 0.1) is 7.11 Å². The highest BCUT2D eigenvalue weighted by Gasteiger charge is 2.10. The van der Waals surface area contributed by atoms with E-state index in [1.807, 2.05) is 36.4 Å². The van der Waals surface area contributed by atoms with Crippen molar-refractivity contribution in [1.82, 2.24) is 10.2 Å². The summed E-state index contributed by atoms with van der Waals surface area (Å²) in [6, 6.07) is 15.2. The summed E-state index contributed by atoms with van der Waals surface area (Å²) in [5.74, 6) is 2.04. The number of thioether (sulfide) groups is 1. The number of benzene rings is 2. The first-order chi connectivity index (χ1) is 10.8. The van der Waals surface area contributed by atoms with Crippen LogP contribution < -0.4 is 4.74 Å². The van der Waals surface area contributed by atoms with Crippen molar-refractivity contribution in [2.45, 2.75) is 11.0 Å². The molecular weight excluding hydrogens is 320 g/mol. The van der Waals surface area contributed by atoms with Gasteiger partial charge in [-0.05, 0) is 30.3 Å². The van der Waals surface area contributed by atoms with E-state index in [0.29, 0.717) is 21.9 Å². The molecule has 0 radical (unpaired) electrons. The van der Waals surface area contributed by atoms with Crippen LogP contribution in [0, 0.1) is 0 Å². The Balaban J connectivity index is 1.71. The van der Waals surface area contributed by atoms with Crippen LogP contribution in [0.5, 0.6) is 5.75 Å². The lowest BCUT2D eigenvalue weighted by Crippen LogP contribution is -1.89. The van der Waals surface area contributed by atoms with Crippen LogP contribution in [0.25, 0.3) is 11.5 Å². The molecule has 3 aromatic rings. The predicted molar refractivity (Wildman–Crippen MR) is 87.3 cm³/mol. The molecule has 0 atom stereocenters. The molecule has 112 valence electrons. The van der Waals surface area contributed by atoms with Gasteiger partial charge in [-0.1, -0.05) is 41.6 Å². The summed E-state index contributed by atoms with van der Waals surface area (Å²) in [4.78, 5) is 0. The molecule has 0 N–H and O–H groups in total. The average Bonchev–Trinajstić information content (AvgIpc) is 3.03. The Kier molecular flexibility index (Phi) is 4.65. The summed E-state index contributed by atoms with van der Waals surface area (Å²) in [5, 5.41) is 9.32. The van der Waals surface area contributed by atoms with Crippen molar-refractivity contribution in [3.05, 3.63) is 59.1 Å². The van der Waals surface area contributed by atoms with Gasteiger partial charge in [0.25, 0.3) is 5.22 Å². The molecule has 0 bridgehead atoms. The zero-order valence-electron chi connectivity index (χ0n) is 11.8. The van der Waals surface area contributed by atoms with Gasteiger partial charge >= 0.3 is 0 Å².